The van der Waals surface area contributed by atoms with E-state index in [0.717, 1.165) is 27.6 Å². The SMILES string of the molecule is Cc1nc(SCC(=O)Nc2ccccc2C)c2c(=O)n(C)c(=O)n(CC(C)C)c2n1. The quantitative estimate of drug-likeness (QED) is 0.479. The molecule has 3 aromatic rings. The number of anilines is 1. The number of para-hydroxylation sites is 1. The van der Waals surface area contributed by atoms with Gasteiger partial charge in [0.2, 0.25) is 5.91 Å². The van der Waals surface area contributed by atoms with Gasteiger partial charge in [-0.1, -0.05) is 43.8 Å². The summed E-state index contributed by atoms with van der Waals surface area (Å²) in [7, 11) is 1.44. The van der Waals surface area contributed by atoms with Gasteiger partial charge in [-0.25, -0.2) is 14.8 Å². The lowest BCUT2D eigenvalue weighted by molar-refractivity contribution is -0.113. The van der Waals surface area contributed by atoms with Crippen molar-refractivity contribution in [2.75, 3.05) is 11.1 Å². The summed E-state index contributed by atoms with van der Waals surface area (Å²) < 4.78 is 2.58. The Morgan fingerprint density at radius 2 is 1.87 bits per heavy atom. The Hall–Kier alpha value is -2.94. The van der Waals surface area contributed by atoms with Crippen LogP contribution < -0.4 is 16.6 Å². The standard InChI is InChI=1S/C21H25N5O3S/c1-12(2)10-26-18-17(20(28)25(5)21(26)29)19(23-14(4)22-18)30-11-16(27)24-15-9-7-6-8-13(15)3/h6-9,12H,10-11H2,1-5H3,(H,24,27). The van der Waals surface area contributed by atoms with Gasteiger partial charge in [-0.3, -0.25) is 18.7 Å². The highest BCUT2D eigenvalue weighted by Crippen LogP contribution is 2.23. The Kier molecular flexibility index (Phi) is 6.40. The number of carbonyl (C=O) groups is 1. The molecule has 0 aliphatic carbocycles. The minimum absolute atomic E-state index is 0.0757. The summed E-state index contributed by atoms with van der Waals surface area (Å²) in [5, 5.41) is 3.53. The Balaban J connectivity index is 1.99. The molecule has 2 aromatic heterocycles. The van der Waals surface area contributed by atoms with Crippen LogP contribution in [-0.2, 0) is 18.4 Å². The van der Waals surface area contributed by atoms with Crippen LogP contribution in [0.15, 0.2) is 38.9 Å². The first kappa shape index (κ1) is 21.8. The number of hydrogen-bond acceptors (Lipinski definition) is 6. The lowest BCUT2D eigenvalue weighted by Crippen LogP contribution is -2.39. The van der Waals surface area contributed by atoms with Gasteiger partial charge >= 0.3 is 5.69 Å². The molecule has 30 heavy (non-hydrogen) atoms. The molecule has 2 heterocycles. The summed E-state index contributed by atoms with van der Waals surface area (Å²) in [6, 6.07) is 7.51. The molecule has 0 fully saturated rings. The lowest BCUT2D eigenvalue weighted by Gasteiger charge is -2.15. The molecule has 0 unspecified atom stereocenters. The van der Waals surface area contributed by atoms with Crippen molar-refractivity contribution >= 4 is 34.4 Å². The number of rotatable bonds is 6. The molecule has 158 valence electrons. The van der Waals surface area contributed by atoms with Gasteiger partial charge in [0.05, 0.1) is 5.75 Å². The van der Waals surface area contributed by atoms with Crippen LogP contribution in [0.25, 0.3) is 11.0 Å². The predicted octanol–water partition coefficient (Wildman–Crippen LogP) is 2.49. The molecular weight excluding hydrogens is 402 g/mol. The first-order chi connectivity index (χ1) is 14.2. The number of fused-ring (bicyclic) bond motifs is 1. The molecule has 0 radical (unpaired) electrons. The molecule has 0 saturated heterocycles. The second-order valence-corrected chi connectivity index (χ2v) is 8.54. The third-order valence-electron chi connectivity index (χ3n) is 4.57. The number of amides is 1. The van der Waals surface area contributed by atoms with E-state index in [9.17, 15) is 14.4 Å². The molecule has 0 bridgehead atoms. The zero-order valence-corrected chi connectivity index (χ0v) is 18.5. The molecule has 0 atom stereocenters. The molecule has 8 nitrogen and oxygen atoms in total. The van der Waals surface area contributed by atoms with Crippen molar-refractivity contribution in [3.05, 3.63) is 56.5 Å². The first-order valence-corrected chi connectivity index (χ1v) is 10.6. The maximum atomic E-state index is 12.9. The average molecular weight is 428 g/mol. The number of nitrogens with one attached hydrogen (secondary N) is 1. The largest absolute Gasteiger partial charge is 0.332 e. The topological polar surface area (TPSA) is 98.9 Å². The predicted molar refractivity (Wildman–Crippen MR) is 119 cm³/mol. The minimum Gasteiger partial charge on any atom is -0.325 e. The molecular formula is C21H25N5O3S. The van der Waals surface area contributed by atoms with E-state index in [1.54, 1.807) is 6.92 Å². The third-order valence-corrected chi connectivity index (χ3v) is 5.54. The highest BCUT2D eigenvalue weighted by molar-refractivity contribution is 8.00. The zero-order chi connectivity index (χ0) is 22.0. The normalized spacial score (nSPS) is 11.3. The van der Waals surface area contributed by atoms with Crippen LogP contribution in [-0.4, -0.2) is 30.8 Å². The molecule has 1 N–H and O–H groups in total. The average Bonchev–Trinajstić information content (AvgIpc) is 2.69. The van der Waals surface area contributed by atoms with E-state index in [1.807, 2.05) is 45.0 Å². The maximum absolute atomic E-state index is 12.9. The van der Waals surface area contributed by atoms with Crippen molar-refractivity contribution in [3.8, 4) is 0 Å². The highest BCUT2D eigenvalue weighted by Gasteiger charge is 2.19. The number of aromatic nitrogens is 4. The number of carbonyl (C=O) groups excluding carboxylic acids is 1. The van der Waals surface area contributed by atoms with Crippen molar-refractivity contribution in [2.24, 2.45) is 13.0 Å². The Morgan fingerprint density at radius 3 is 2.53 bits per heavy atom. The van der Waals surface area contributed by atoms with Gasteiger partial charge in [-0.2, -0.15) is 0 Å². The van der Waals surface area contributed by atoms with Crippen molar-refractivity contribution < 1.29 is 4.79 Å². The van der Waals surface area contributed by atoms with Gasteiger partial charge in [-0.05, 0) is 31.4 Å². The number of thioether (sulfide) groups is 1. The molecule has 1 amide bonds. The second kappa shape index (κ2) is 8.83. The summed E-state index contributed by atoms with van der Waals surface area (Å²) in [5.41, 5.74) is 1.15. The Morgan fingerprint density at radius 1 is 1.17 bits per heavy atom. The van der Waals surface area contributed by atoms with Crippen LogP contribution in [0.4, 0.5) is 5.69 Å². The van der Waals surface area contributed by atoms with Crippen LogP contribution in [0.3, 0.4) is 0 Å². The van der Waals surface area contributed by atoms with Gasteiger partial charge in [0.15, 0.2) is 5.65 Å². The van der Waals surface area contributed by atoms with Gasteiger partial charge in [0.1, 0.15) is 16.2 Å². The van der Waals surface area contributed by atoms with E-state index in [2.05, 4.69) is 15.3 Å². The van der Waals surface area contributed by atoms with E-state index in [1.165, 1.54) is 11.6 Å². The van der Waals surface area contributed by atoms with Gasteiger partial charge in [0, 0.05) is 19.3 Å². The summed E-state index contributed by atoms with van der Waals surface area (Å²) in [6.07, 6.45) is 0. The van der Waals surface area contributed by atoms with Crippen molar-refractivity contribution in [1.82, 2.24) is 19.1 Å². The van der Waals surface area contributed by atoms with Gasteiger partial charge < -0.3 is 5.32 Å². The first-order valence-electron chi connectivity index (χ1n) is 9.65. The fourth-order valence-corrected chi connectivity index (χ4v) is 3.97. The van der Waals surface area contributed by atoms with Crippen molar-refractivity contribution in [3.63, 3.8) is 0 Å². The summed E-state index contributed by atoms with van der Waals surface area (Å²) in [5.74, 6) is 0.502. The van der Waals surface area contributed by atoms with Crippen LogP contribution in [0.5, 0.6) is 0 Å². The summed E-state index contributed by atoms with van der Waals surface area (Å²) in [6.45, 7) is 8.03. The molecule has 0 saturated carbocycles. The smallest absolute Gasteiger partial charge is 0.325 e. The monoisotopic (exact) mass is 427 g/mol. The molecule has 0 spiro atoms. The number of benzene rings is 1. The van der Waals surface area contributed by atoms with Crippen molar-refractivity contribution in [2.45, 2.75) is 39.3 Å². The summed E-state index contributed by atoms with van der Waals surface area (Å²) >= 11 is 1.16. The van der Waals surface area contributed by atoms with Crippen LogP contribution in [0.2, 0.25) is 0 Å². The van der Waals surface area contributed by atoms with E-state index in [-0.39, 0.29) is 23.0 Å². The zero-order valence-electron chi connectivity index (χ0n) is 17.7. The number of nitrogens with zero attached hydrogens (tertiary/aromatic N) is 4. The molecule has 0 aliphatic rings. The highest BCUT2D eigenvalue weighted by atomic mass is 32.2. The molecule has 9 heteroatoms. The minimum atomic E-state index is -0.461. The Labute approximate surface area is 178 Å². The summed E-state index contributed by atoms with van der Waals surface area (Å²) in [4.78, 5) is 46.8. The van der Waals surface area contributed by atoms with Gasteiger partial charge in [-0.15, -0.1) is 0 Å². The van der Waals surface area contributed by atoms with E-state index < -0.39 is 11.2 Å². The van der Waals surface area contributed by atoms with E-state index >= 15 is 0 Å². The van der Waals surface area contributed by atoms with E-state index in [0.29, 0.717) is 23.0 Å². The van der Waals surface area contributed by atoms with E-state index in [4.69, 9.17) is 0 Å². The maximum Gasteiger partial charge on any atom is 0.332 e. The lowest BCUT2D eigenvalue weighted by atomic mass is 10.2. The fraction of sp³-hybridized carbons (Fsp3) is 0.381. The number of hydrogen-bond donors (Lipinski definition) is 1. The third kappa shape index (κ3) is 4.46. The van der Waals surface area contributed by atoms with Crippen LogP contribution in [0, 0.1) is 19.8 Å². The molecule has 0 aliphatic heterocycles. The molecule has 3 rings (SSSR count). The van der Waals surface area contributed by atoms with Gasteiger partial charge in [0.25, 0.3) is 5.56 Å². The number of aryl methyl sites for hydroxylation is 2. The fourth-order valence-electron chi connectivity index (χ4n) is 3.11. The molecule has 1 aromatic carbocycles. The second-order valence-electron chi connectivity index (χ2n) is 7.58. The Bertz CT molecular complexity index is 1230. The van der Waals surface area contributed by atoms with Crippen LogP contribution >= 0.6 is 11.8 Å². The van der Waals surface area contributed by atoms with Crippen molar-refractivity contribution in [1.29, 1.82) is 0 Å². The van der Waals surface area contributed by atoms with Crippen LogP contribution in [0.1, 0.15) is 25.2 Å².